The minimum absolute atomic E-state index is 0.0133. The van der Waals surface area contributed by atoms with E-state index in [2.05, 4.69) is 21.2 Å². The van der Waals surface area contributed by atoms with E-state index in [1.807, 2.05) is 20.8 Å². The van der Waals surface area contributed by atoms with Gasteiger partial charge in [0.05, 0.1) is 4.32 Å². The predicted molar refractivity (Wildman–Crippen MR) is 82.0 cm³/mol. The molecule has 1 aliphatic heterocycles. The number of nitrogens with zero attached hydrogens (tertiary/aromatic N) is 1. The molecule has 5 nitrogen and oxygen atoms in total. The van der Waals surface area contributed by atoms with Crippen LogP contribution in [0.3, 0.4) is 0 Å². The van der Waals surface area contributed by atoms with Crippen LogP contribution in [0.4, 0.5) is 4.79 Å². The topological polar surface area (TPSA) is 58.6 Å². The maximum atomic E-state index is 12.0. The van der Waals surface area contributed by atoms with Crippen LogP contribution in [0.5, 0.6) is 0 Å². The van der Waals surface area contributed by atoms with E-state index in [1.165, 1.54) is 0 Å². The maximum absolute atomic E-state index is 12.0. The Kier molecular flexibility index (Phi) is 5.46. The highest BCUT2D eigenvalue weighted by molar-refractivity contribution is 9.10. The Balaban J connectivity index is 2.55. The van der Waals surface area contributed by atoms with E-state index in [9.17, 15) is 9.59 Å². The molecule has 0 aromatic carbocycles. The van der Waals surface area contributed by atoms with E-state index in [0.717, 1.165) is 12.8 Å². The van der Waals surface area contributed by atoms with Crippen molar-refractivity contribution in [2.45, 2.75) is 63.4 Å². The fraction of sp³-hybridized carbons (Fsp3) is 0.857. The standard InChI is InChI=1S/C14H25BrN2O3/c1-13(2,3)20-12(19)17-8-6-7-10(9-17)16-11(18)14(4,5)15/h10H,6-9H2,1-5H3,(H,16,18). The molecule has 20 heavy (non-hydrogen) atoms. The lowest BCUT2D eigenvalue weighted by atomic mass is 10.0. The van der Waals surface area contributed by atoms with E-state index >= 15 is 0 Å². The average molecular weight is 349 g/mol. The Morgan fingerprint density at radius 3 is 2.35 bits per heavy atom. The highest BCUT2D eigenvalue weighted by Crippen LogP contribution is 2.19. The summed E-state index contributed by atoms with van der Waals surface area (Å²) in [6, 6.07) is -0.0133. The third kappa shape index (κ3) is 5.69. The highest BCUT2D eigenvalue weighted by Gasteiger charge is 2.31. The Bertz CT molecular complexity index is 372. The molecule has 0 bridgehead atoms. The first kappa shape index (κ1) is 17.3. The molecule has 0 aromatic heterocycles. The molecule has 1 fully saturated rings. The quantitative estimate of drug-likeness (QED) is 0.780. The average Bonchev–Trinajstić information content (AvgIpc) is 2.25. The van der Waals surface area contributed by atoms with E-state index in [4.69, 9.17) is 4.74 Å². The first-order valence-electron chi connectivity index (χ1n) is 6.97. The van der Waals surface area contributed by atoms with Crippen molar-refractivity contribution in [3.63, 3.8) is 0 Å². The smallest absolute Gasteiger partial charge is 0.410 e. The van der Waals surface area contributed by atoms with Gasteiger partial charge in [0.25, 0.3) is 0 Å². The van der Waals surface area contributed by atoms with Crippen LogP contribution in [-0.2, 0) is 9.53 Å². The van der Waals surface area contributed by atoms with Gasteiger partial charge in [0, 0.05) is 19.1 Å². The van der Waals surface area contributed by atoms with Gasteiger partial charge < -0.3 is 15.0 Å². The minimum Gasteiger partial charge on any atom is -0.444 e. The molecular weight excluding hydrogens is 324 g/mol. The third-order valence-corrected chi connectivity index (χ3v) is 3.31. The second kappa shape index (κ2) is 6.33. The fourth-order valence-electron chi connectivity index (χ4n) is 1.94. The van der Waals surface area contributed by atoms with Gasteiger partial charge in [-0.05, 0) is 47.5 Å². The van der Waals surface area contributed by atoms with Crippen molar-refractivity contribution in [2.24, 2.45) is 0 Å². The number of rotatable bonds is 2. The molecule has 1 aliphatic rings. The van der Waals surface area contributed by atoms with Crippen molar-refractivity contribution in [2.75, 3.05) is 13.1 Å². The van der Waals surface area contributed by atoms with Crippen LogP contribution in [0.1, 0.15) is 47.5 Å². The Hall–Kier alpha value is -0.780. The van der Waals surface area contributed by atoms with Crippen LogP contribution in [0, 0.1) is 0 Å². The van der Waals surface area contributed by atoms with E-state index in [-0.39, 0.29) is 18.0 Å². The first-order valence-corrected chi connectivity index (χ1v) is 7.76. The lowest BCUT2D eigenvalue weighted by Gasteiger charge is -2.35. The van der Waals surface area contributed by atoms with Gasteiger partial charge in [-0.25, -0.2) is 4.79 Å². The zero-order valence-electron chi connectivity index (χ0n) is 13.0. The summed E-state index contributed by atoms with van der Waals surface area (Å²) < 4.78 is 4.77. The molecule has 1 saturated heterocycles. The summed E-state index contributed by atoms with van der Waals surface area (Å²) >= 11 is 3.34. The summed E-state index contributed by atoms with van der Waals surface area (Å²) in [5.41, 5.74) is -0.495. The van der Waals surface area contributed by atoms with E-state index in [1.54, 1.807) is 18.7 Å². The molecule has 6 heteroatoms. The van der Waals surface area contributed by atoms with Crippen molar-refractivity contribution in [3.05, 3.63) is 0 Å². The molecule has 116 valence electrons. The number of nitrogens with one attached hydrogen (secondary N) is 1. The number of piperidine rings is 1. The van der Waals surface area contributed by atoms with E-state index in [0.29, 0.717) is 13.1 Å². The van der Waals surface area contributed by atoms with Crippen LogP contribution in [0.25, 0.3) is 0 Å². The number of hydrogen-bond acceptors (Lipinski definition) is 3. The van der Waals surface area contributed by atoms with Crippen molar-refractivity contribution >= 4 is 27.9 Å². The summed E-state index contributed by atoms with van der Waals surface area (Å²) in [5.74, 6) is -0.0615. The second-order valence-electron chi connectivity index (χ2n) is 6.71. The van der Waals surface area contributed by atoms with Crippen LogP contribution < -0.4 is 5.32 Å². The number of alkyl halides is 1. The maximum Gasteiger partial charge on any atom is 0.410 e. The molecule has 0 aliphatic carbocycles. The molecule has 0 radical (unpaired) electrons. The Labute approximate surface area is 129 Å². The molecule has 1 N–H and O–H groups in total. The number of likely N-dealkylation sites (tertiary alicyclic amines) is 1. The fourth-order valence-corrected chi connectivity index (χ4v) is 2.06. The third-order valence-electron chi connectivity index (χ3n) is 2.95. The largest absolute Gasteiger partial charge is 0.444 e. The lowest BCUT2D eigenvalue weighted by Crippen LogP contribution is -2.53. The number of carbonyl (C=O) groups excluding carboxylic acids is 2. The lowest BCUT2D eigenvalue weighted by molar-refractivity contribution is -0.123. The molecule has 1 unspecified atom stereocenters. The predicted octanol–water partition coefficient (Wildman–Crippen LogP) is 2.68. The first-order chi connectivity index (χ1) is 8.99. The second-order valence-corrected chi connectivity index (χ2v) is 8.69. The molecule has 0 spiro atoms. The summed E-state index contributed by atoms with van der Waals surface area (Å²) in [4.78, 5) is 25.6. The highest BCUT2D eigenvalue weighted by atomic mass is 79.9. The summed E-state index contributed by atoms with van der Waals surface area (Å²) in [6.45, 7) is 10.3. The van der Waals surface area contributed by atoms with Gasteiger partial charge in [0.2, 0.25) is 5.91 Å². The van der Waals surface area contributed by atoms with Gasteiger partial charge in [-0.1, -0.05) is 15.9 Å². The van der Waals surface area contributed by atoms with Crippen LogP contribution in [0.15, 0.2) is 0 Å². The van der Waals surface area contributed by atoms with Gasteiger partial charge in [-0.3, -0.25) is 4.79 Å². The molecule has 0 saturated carbocycles. The van der Waals surface area contributed by atoms with Gasteiger partial charge >= 0.3 is 6.09 Å². The Morgan fingerprint density at radius 2 is 1.85 bits per heavy atom. The SMILES string of the molecule is CC(C)(C)OC(=O)N1CCCC(NC(=O)C(C)(C)Br)C1. The van der Waals surface area contributed by atoms with Crippen LogP contribution in [0.2, 0.25) is 0 Å². The summed E-state index contributed by atoms with van der Waals surface area (Å²) in [6.07, 6.45) is 1.44. The van der Waals surface area contributed by atoms with Crippen molar-refractivity contribution in [1.82, 2.24) is 10.2 Å². The summed E-state index contributed by atoms with van der Waals surface area (Å²) in [7, 11) is 0. The Morgan fingerprint density at radius 1 is 1.25 bits per heavy atom. The molecule has 0 aromatic rings. The number of carbonyl (C=O) groups is 2. The molecule has 1 atom stereocenters. The number of amides is 2. The van der Waals surface area contributed by atoms with Crippen LogP contribution in [-0.4, -0.2) is 46.0 Å². The van der Waals surface area contributed by atoms with Gasteiger partial charge in [0.1, 0.15) is 5.60 Å². The zero-order valence-corrected chi connectivity index (χ0v) is 14.5. The van der Waals surface area contributed by atoms with Gasteiger partial charge in [0.15, 0.2) is 0 Å². The number of hydrogen-bond donors (Lipinski definition) is 1. The molecule has 1 heterocycles. The summed E-state index contributed by atoms with van der Waals surface area (Å²) in [5, 5.41) is 2.97. The van der Waals surface area contributed by atoms with Crippen LogP contribution >= 0.6 is 15.9 Å². The minimum atomic E-state index is -0.596. The van der Waals surface area contributed by atoms with Crippen molar-refractivity contribution in [1.29, 1.82) is 0 Å². The molecular formula is C14H25BrN2O3. The van der Waals surface area contributed by atoms with Gasteiger partial charge in [-0.15, -0.1) is 0 Å². The molecule has 1 rings (SSSR count). The number of ether oxygens (including phenoxy) is 1. The normalized spacial score (nSPS) is 20.5. The zero-order chi connectivity index (χ0) is 15.6. The molecule has 2 amide bonds. The van der Waals surface area contributed by atoms with Gasteiger partial charge in [-0.2, -0.15) is 0 Å². The van der Waals surface area contributed by atoms with Crippen molar-refractivity contribution in [3.8, 4) is 0 Å². The monoisotopic (exact) mass is 348 g/mol. The van der Waals surface area contributed by atoms with E-state index < -0.39 is 9.93 Å². The number of halogens is 1. The van der Waals surface area contributed by atoms with Crippen molar-refractivity contribution < 1.29 is 14.3 Å².